The predicted molar refractivity (Wildman–Crippen MR) is 94.7 cm³/mol. The summed E-state index contributed by atoms with van der Waals surface area (Å²) >= 11 is 0. The van der Waals surface area contributed by atoms with E-state index in [0.29, 0.717) is 11.5 Å². The highest BCUT2D eigenvalue weighted by atomic mass is 16.1. The Labute approximate surface area is 141 Å². The van der Waals surface area contributed by atoms with Crippen LogP contribution in [0.5, 0.6) is 0 Å². The molecule has 4 rings (SSSR count). The van der Waals surface area contributed by atoms with E-state index in [1.165, 1.54) is 0 Å². The number of anilines is 1. The van der Waals surface area contributed by atoms with Gasteiger partial charge in [-0.15, -0.1) is 0 Å². The zero-order chi connectivity index (χ0) is 16.5. The van der Waals surface area contributed by atoms with Gasteiger partial charge in [0, 0.05) is 11.6 Å². The van der Waals surface area contributed by atoms with Crippen LogP contribution >= 0.6 is 0 Å². The van der Waals surface area contributed by atoms with Crippen LogP contribution in [-0.4, -0.2) is 15.7 Å². The summed E-state index contributed by atoms with van der Waals surface area (Å²) in [6, 6.07) is 17.8. The third-order valence-corrected chi connectivity index (χ3v) is 4.29. The maximum absolute atomic E-state index is 12.8. The second kappa shape index (κ2) is 5.96. The molecule has 0 aliphatic heterocycles. The van der Waals surface area contributed by atoms with Gasteiger partial charge in [-0.1, -0.05) is 30.3 Å². The van der Waals surface area contributed by atoms with E-state index in [-0.39, 0.29) is 5.91 Å². The average Bonchev–Trinajstić information content (AvgIpc) is 3.33. The van der Waals surface area contributed by atoms with Crippen LogP contribution in [-0.2, 0) is 0 Å². The van der Waals surface area contributed by atoms with Gasteiger partial charge in [0.15, 0.2) is 0 Å². The van der Waals surface area contributed by atoms with Gasteiger partial charge in [0.25, 0.3) is 5.91 Å². The summed E-state index contributed by atoms with van der Waals surface area (Å²) in [7, 11) is 0. The molecule has 1 aliphatic carbocycles. The Hall–Kier alpha value is -2.88. The molecule has 2 aromatic carbocycles. The molecule has 1 aromatic heterocycles. The molecule has 24 heavy (non-hydrogen) atoms. The number of nitrogens with one attached hydrogen (secondary N) is 1. The molecule has 0 radical (unpaired) electrons. The largest absolute Gasteiger partial charge is 0.322 e. The number of aryl methyl sites for hydroxylation is 1. The number of hydrogen-bond donors (Lipinski definition) is 1. The number of nitrogens with zero attached hydrogens (tertiary/aromatic N) is 2. The second-order valence-electron chi connectivity index (χ2n) is 6.29. The number of carbonyl (C=O) groups is 1. The van der Waals surface area contributed by atoms with Crippen molar-refractivity contribution in [3.63, 3.8) is 0 Å². The summed E-state index contributed by atoms with van der Waals surface area (Å²) in [5.74, 6) is 0.329. The summed E-state index contributed by atoms with van der Waals surface area (Å²) in [4.78, 5) is 12.8. The molecule has 0 unspecified atom stereocenters. The smallest absolute Gasteiger partial charge is 0.259 e. The topological polar surface area (TPSA) is 46.9 Å². The maximum Gasteiger partial charge on any atom is 0.259 e. The Balaban J connectivity index is 1.68. The molecule has 1 aliphatic rings. The summed E-state index contributed by atoms with van der Waals surface area (Å²) in [6.45, 7) is 2.01. The van der Waals surface area contributed by atoms with Crippen molar-refractivity contribution in [1.82, 2.24) is 9.78 Å². The van der Waals surface area contributed by atoms with E-state index < -0.39 is 0 Å². The van der Waals surface area contributed by atoms with Crippen molar-refractivity contribution in [3.05, 3.63) is 77.6 Å². The van der Waals surface area contributed by atoms with Gasteiger partial charge in [0.2, 0.25) is 0 Å². The second-order valence-corrected chi connectivity index (χ2v) is 6.29. The number of rotatable bonds is 4. The molecule has 120 valence electrons. The van der Waals surface area contributed by atoms with E-state index in [2.05, 4.69) is 10.4 Å². The molecule has 1 fully saturated rings. The monoisotopic (exact) mass is 317 g/mol. The van der Waals surface area contributed by atoms with E-state index in [1.807, 2.05) is 66.2 Å². The number of carbonyl (C=O) groups excluding carboxylic acids is 1. The number of benzene rings is 2. The molecule has 1 heterocycles. The van der Waals surface area contributed by atoms with E-state index in [1.54, 1.807) is 6.20 Å². The van der Waals surface area contributed by atoms with E-state index in [0.717, 1.165) is 35.5 Å². The number of hydrogen-bond acceptors (Lipinski definition) is 2. The lowest BCUT2D eigenvalue weighted by Gasteiger charge is -2.09. The van der Waals surface area contributed by atoms with Gasteiger partial charge in [-0.25, -0.2) is 4.68 Å². The summed E-state index contributed by atoms with van der Waals surface area (Å²) < 4.78 is 1.91. The lowest BCUT2D eigenvalue weighted by atomic mass is 10.1. The van der Waals surface area contributed by atoms with E-state index in [4.69, 9.17) is 0 Å². The Morgan fingerprint density at radius 2 is 1.92 bits per heavy atom. The van der Waals surface area contributed by atoms with Crippen LogP contribution in [0.25, 0.3) is 5.69 Å². The Morgan fingerprint density at radius 1 is 1.12 bits per heavy atom. The minimum absolute atomic E-state index is 0.0929. The lowest BCUT2D eigenvalue weighted by molar-refractivity contribution is 0.102. The van der Waals surface area contributed by atoms with E-state index in [9.17, 15) is 4.79 Å². The molecule has 1 saturated carbocycles. The van der Waals surface area contributed by atoms with Crippen LogP contribution in [0, 0.1) is 6.92 Å². The first-order chi connectivity index (χ1) is 11.7. The zero-order valence-corrected chi connectivity index (χ0v) is 13.6. The third-order valence-electron chi connectivity index (χ3n) is 4.29. The molecular formula is C20H19N3O. The molecule has 0 atom stereocenters. The Kier molecular flexibility index (Phi) is 3.65. The molecule has 4 nitrogen and oxygen atoms in total. The summed E-state index contributed by atoms with van der Waals surface area (Å²) in [5, 5.41) is 7.48. The van der Waals surface area contributed by atoms with Crippen molar-refractivity contribution >= 4 is 11.6 Å². The minimum Gasteiger partial charge on any atom is -0.322 e. The Morgan fingerprint density at radius 3 is 2.62 bits per heavy atom. The first-order valence-electron chi connectivity index (χ1n) is 8.24. The highest BCUT2D eigenvalue weighted by Gasteiger charge is 2.32. The van der Waals surface area contributed by atoms with Crippen LogP contribution < -0.4 is 5.32 Å². The molecule has 1 amide bonds. The minimum atomic E-state index is -0.0929. The maximum atomic E-state index is 12.8. The fraction of sp³-hybridized carbons (Fsp3) is 0.200. The first kappa shape index (κ1) is 14.7. The van der Waals surface area contributed by atoms with Crippen molar-refractivity contribution in [2.24, 2.45) is 0 Å². The molecule has 4 heteroatoms. The van der Waals surface area contributed by atoms with Gasteiger partial charge in [-0.2, -0.15) is 5.10 Å². The molecule has 0 bridgehead atoms. The molecular weight excluding hydrogens is 298 g/mol. The fourth-order valence-electron chi connectivity index (χ4n) is 2.98. The van der Waals surface area contributed by atoms with Crippen molar-refractivity contribution < 1.29 is 4.79 Å². The summed E-state index contributed by atoms with van der Waals surface area (Å²) in [6.07, 6.45) is 3.91. The molecule has 3 aromatic rings. The fourth-order valence-corrected chi connectivity index (χ4v) is 2.98. The summed E-state index contributed by atoms with van der Waals surface area (Å²) in [5.41, 5.74) is 4.62. The van der Waals surface area contributed by atoms with Crippen LogP contribution in [0.2, 0.25) is 0 Å². The lowest BCUT2D eigenvalue weighted by Crippen LogP contribution is -2.14. The van der Waals surface area contributed by atoms with Gasteiger partial charge < -0.3 is 5.32 Å². The third kappa shape index (κ3) is 2.83. The molecule has 1 N–H and O–H groups in total. The van der Waals surface area contributed by atoms with Crippen LogP contribution in [0.3, 0.4) is 0 Å². The molecule has 0 saturated heterocycles. The Bertz CT molecular complexity index is 879. The van der Waals surface area contributed by atoms with Gasteiger partial charge in [0.1, 0.15) is 0 Å². The number of amides is 1. The van der Waals surface area contributed by atoms with Crippen LogP contribution in [0.15, 0.2) is 60.8 Å². The van der Waals surface area contributed by atoms with Gasteiger partial charge in [-0.3, -0.25) is 4.79 Å². The first-order valence-corrected chi connectivity index (χ1v) is 8.24. The highest BCUT2D eigenvalue weighted by Crippen LogP contribution is 2.42. The zero-order valence-electron chi connectivity index (χ0n) is 13.6. The standard InChI is InChI=1S/C20H19N3O/c1-14-6-5-7-16(12-14)22-20(24)18-13-21-23(19(18)15-10-11-15)17-8-3-2-4-9-17/h2-9,12-13,15H,10-11H2,1H3,(H,22,24). The van der Waals surface area contributed by atoms with Gasteiger partial charge >= 0.3 is 0 Å². The van der Waals surface area contributed by atoms with Crippen molar-refractivity contribution in [1.29, 1.82) is 0 Å². The van der Waals surface area contributed by atoms with Crippen molar-refractivity contribution in [2.75, 3.05) is 5.32 Å². The quantitative estimate of drug-likeness (QED) is 0.779. The van der Waals surface area contributed by atoms with Crippen LogP contribution in [0.1, 0.15) is 40.4 Å². The van der Waals surface area contributed by atoms with Gasteiger partial charge in [-0.05, 0) is 49.6 Å². The number of para-hydroxylation sites is 1. The van der Waals surface area contributed by atoms with Crippen molar-refractivity contribution in [3.8, 4) is 5.69 Å². The van der Waals surface area contributed by atoms with E-state index >= 15 is 0 Å². The highest BCUT2D eigenvalue weighted by molar-refractivity contribution is 6.05. The van der Waals surface area contributed by atoms with Crippen molar-refractivity contribution in [2.45, 2.75) is 25.7 Å². The van der Waals surface area contributed by atoms with Gasteiger partial charge in [0.05, 0.1) is 23.1 Å². The predicted octanol–water partition coefficient (Wildman–Crippen LogP) is 4.31. The number of aromatic nitrogens is 2. The van der Waals surface area contributed by atoms with Crippen LogP contribution in [0.4, 0.5) is 5.69 Å². The molecule has 0 spiro atoms. The SMILES string of the molecule is Cc1cccc(NC(=O)c2cnn(-c3ccccc3)c2C2CC2)c1. The average molecular weight is 317 g/mol. The normalized spacial score (nSPS) is 13.7.